The van der Waals surface area contributed by atoms with Gasteiger partial charge in [0.05, 0.1) is 6.04 Å². The predicted octanol–water partition coefficient (Wildman–Crippen LogP) is 1.64. The number of carbonyl (C=O) groups is 1. The maximum Gasteiger partial charge on any atom is 0.234 e. The van der Waals surface area contributed by atoms with E-state index in [9.17, 15) is 4.79 Å². The highest BCUT2D eigenvalue weighted by Gasteiger charge is 2.24. The molecule has 1 fully saturated rings. The van der Waals surface area contributed by atoms with E-state index in [4.69, 9.17) is 17.3 Å². The second-order valence-corrected chi connectivity index (χ2v) is 5.90. The third-order valence-electron chi connectivity index (χ3n) is 4.06. The second kappa shape index (κ2) is 6.57. The first-order valence-corrected chi connectivity index (χ1v) is 7.36. The smallest absolute Gasteiger partial charge is 0.234 e. The van der Waals surface area contributed by atoms with E-state index >= 15 is 0 Å². The van der Waals surface area contributed by atoms with E-state index in [0.717, 1.165) is 37.7 Å². The normalized spacial score (nSPS) is 18.9. The van der Waals surface area contributed by atoms with Crippen LogP contribution in [0.15, 0.2) is 18.2 Å². The van der Waals surface area contributed by atoms with Gasteiger partial charge in [0, 0.05) is 37.7 Å². The lowest BCUT2D eigenvalue weighted by Gasteiger charge is -2.37. The van der Waals surface area contributed by atoms with Gasteiger partial charge in [-0.05, 0) is 37.1 Å². The predicted molar refractivity (Wildman–Crippen MR) is 81.7 cm³/mol. The molecule has 1 amide bonds. The topological polar surface area (TPSA) is 49.6 Å². The molecule has 1 aliphatic heterocycles. The maximum atomic E-state index is 11.2. The van der Waals surface area contributed by atoms with Crippen molar-refractivity contribution in [2.45, 2.75) is 26.4 Å². The summed E-state index contributed by atoms with van der Waals surface area (Å²) in [6.45, 7) is 8.59. The Morgan fingerprint density at radius 2 is 2.00 bits per heavy atom. The molecule has 1 atom stereocenters. The molecule has 1 heterocycles. The summed E-state index contributed by atoms with van der Waals surface area (Å²) in [5.41, 5.74) is 7.89. The Kier molecular flexibility index (Phi) is 5.02. The van der Waals surface area contributed by atoms with E-state index in [1.165, 1.54) is 11.1 Å². The average molecular weight is 296 g/mol. The number of amides is 1. The van der Waals surface area contributed by atoms with Gasteiger partial charge in [-0.25, -0.2) is 0 Å². The van der Waals surface area contributed by atoms with E-state index in [1.807, 2.05) is 19.1 Å². The van der Waals surface area contributed by atoms with Gasteiger partial charge in [0.2, 0.25) is 5.91 Å². The number of rotatable bonds is 4. The molecular formula is C15H22ClN3O. The highest BCUT2D eigenvalue weighted by molar-refractivity contribution is 6.30. The number of hydrogen-bond acceptors (Lipinski definition) is 3. The number of piperazine rings is 1. The van der Waals surface area contributed by atoms with Crippen LogP contribution in [0.5, 0.6) is 0 Å². The third-order valence-corrected chi connectivity index (χ3v) is 4.30. The summed E-state index contributed by atoms with van der Waals surface area (Å²) < 4.78 is 0. The molecule has 0 bridgehead atoms. The van der Waals surface area contributed by atoms with Crippen LogP contribution in [-0.2, 0) is 11.3 Å². The summed E-state index contributed by atoms with van der Waals surface area (Å²) in [4.78, 5) is 15.8. The molecule has 1 aliphatic rings. The molecule has 0 spiro atoms. The van der Waals surface area contributed by atoms with Crippen molar-refractivity contribution in [1.82, 2.24) is 9.80 Å². The quantitative estimate of drug-likeness (QED) is 0.919. The van der Waals surface area contributed by atoms with Crippen molar-refractivity contribution in [3.63, 3.8) is 0 Å². The van der Waals surface area contributed by atoms with Crippen molar-refractivity contribution >= 4 is 17.5 Å². The summed E-state index contributed by atoms with van der Waals surface area (Å²) in [5, 5.41) is 0.784. The SMILES string of the molecule is Cc1cc(Cl)ccc1CN1CCN(C(C)C(N)=O)CC1. The molecule has 20 heavy (non-hydrogen) atoms. The molecule has 1 saturated heterocycles. The lowest BCUT2D eigenvalue weighted by Crippen LogP contribution is -2.52. The number of aryl methyl sites for hydroxylation is 1. The Labute approximate surface area is 125 Å². The highest BCUT2D eigenvalue weighted by Crippen LogP contribution is 2.18. The molecule has 0 aromatic heterocycles. The molecule has 2 rings (SSSR count). The number of benzene rings is 1. The van der Waals surface area contributed by atoms with Crippen LogP contribution in [0.4, 0.5) is 0 Å². The summed E-state index contributed by atoms with van der Waals surface area (Å²) in [6.07, 6.45) is 0. The fraction of sp³-hybridized carbons (Fsp3) is 0.533. The number of hydrogen-bond donors (Lipinski definition) is 1. The standard InChI is InChI=1S/C15H22ClN3O/c1-11-9-14(16)4-3-13(11)10-18-5-7-19(8-6-18)12(2)15(17)20/h3-4,9,12H,5-8,10H2,1-2H3,(H2,17,20). The lowest BCUT2D eigenvalue weighted by molar-refractivity contribution is -0.123. The fourth-order valence-corrected chi connectivity index (χ4v) is 2.79. The van der Waals surface area contributed by atoms with Crippen LogP contribution in [0.1, 0.15) is 18.1 Å². The lowest BCUT2D eigenvalue weighted by atomic mass is 10.1. The summed E-state index contributed by atoms with van der Waals surface area (Å²) >= 11 is 5.98. The van der Waals surface area contributed by atoms with E-state index in [-0.39, 0.29) is 11.9 Å². The first-order valence-electron chi connectivity index (χ1n) is 6.98. The number of halogens is 1. The van der Waals surface area contributed by atoms with Crippen LogP contribution in [0.3, 0.4) is 0 Å². The van der Waals surface area contributed by atoms with Crippen LogP contribution >= 0.6 is 11.6 Å². The summed E-state index contributed by atoms with van der Waals surface area (Å²) in [5.74, 6) is -0.244. The number of nitrogens with zero attached hydrogens (tertiary/aromatic N) is 2. The van der Waals surface area contributed by atoms with Crippen molar-refractivity contribution in [3.8, 4) is 0 Å². The molecule has 5 heteroatoms. The van der Waals surface area contributed by atoms with E-state index in [0.29, 0.717) is 0 Å². The van der Waals surface area contributed by atoms with Crippen LogP contribution in [0.2, 0.25) is 5.02 Å². The van der Waals surface area contributed by atoms with E-state index < -0.39 is 0 Å². The molecule has 0 aliphatic carbocycles. The average Bonchev–Trinajstić information content (AvgIpc) is 2.42. The van der Waals surface area contributed by atoms with Crippen LogP contribution in [-0.4, -0.2) is 47.9 Å². The van der Waals surface area contributed by atoms with Crippen LogP contribution < -0.4 is 5.73 Å². The monoisotopic (exact) mass is 295 g/mol. The molecule has 1 unspecified atom stereocenters. The molecule has 1 aromatic carbocycles. The van der Waals surface area contributed by atoms with Crippen molar-refractivity contribution in [2.75, 3.05) is 26.2 Å². The second-order valence-electron chi connectivity index (χ2n) is 5.46. The van der Waals surface area contributed by atoms with Crippen molar-refractivity contribution in [2.24, 2.45) is 5.73 Å². The van der Waals surface area contributed by atoms with Crippen molar-refractivity contribution in [3.05, 3.63) is 34.3 Å². The molecule has 0 saturated carbocycles. The third kappa shape index (κ3) is 3.72. The van der Waals surface area contributed by atoms with Crippen LogP contribution in [0.25, 0.3) is 0 Å². The minimum atomic E-state index is -0.244. The molecular weight excluding hydrogens is 274 g/mol. The van der Waals surface area contributed by atoms with Gasteiger partial charge in [0.1, 0.15) is 0 Å². The van der Waals surface area contributed by atoms with Gasteiger partial charge in [-0.15, -0.1) is 0 Å². The largest absolute Gasteiger partial charge is 0.368 e. The Balaban J connectivity index is 1.90. The zero-order valence-corrected chi connectivity index (χ0v) is 12.9. The Morgan fingerprint density at radius 3 is 2.55 bits per heavy atom. The molecule has 110 valence electrons. The number of primary amides is 1. The fourth-order valence-electron chi connectivity index (χ4n) is 2.57. The zero-order valence-electron chi connectivity index (χ0n) is 12.1. The summed E-state index contributed by atoms with van der Waals surface area (Å²) in [7, 11) is 0. The summed E-state index contributed by atoms with van der Waals surface area (Å²) in [6, 6.07) is 5.86. The molecule has 2 N–H and O–H groups in total. The zero-order chi connectivity index (χ0) is 14.7. The Morgan fingerprint density at radius 1 is 1.35 bits per heavy atom. The van der Waals surface area contributed by atoms with Gasteiger partial charge in [-0.2, -0.15) is 0 Å². The van der Waals surface area contributed by atoms with Crippen molar-refractivity contribution < 1.29 is 4.79 Å². The Bertz CT molecular complexity index is 484. The molecule has 1 aromatic rings. The number of nitrogens with two attached hydrogens (primary N) is 1. The van der Waals surface area contributed by atoms with Gasteiger partial charge in [0.25, 0.3) is 0 Å². The maximum absolute atomic E-state index is 11.2. The minimum absolute atomic E-state index is 0.172. The Hall–Kier alpha value is -1.10. The van der Waals surface area contributed by atoms with Gasteiger partial charge < -0.3 is 5.73 Å². The first kappa shape index (κ1) is 15.3. The highest BCUT2D eigenvalue weighted by atomic mass is 35.5. The van der Waals surface area contributed by atoms with Gasteiger partial charge in [0.15, 0.2) is 0 Å². The van der Waals surface area contributed by atoms with Crippen LogP contribution in [0, 0.1) is 6.92 Å². The van der Waals surface area contributed by atoms with E-state index in [2.05, 4.69) is 22.8 Å². The number of carbonyl (C=O) groups excluding carboxylic acids is 1. The van der Waals surface area contributed by atoms with Gasteiger partial charge >= 0.3 is 0 Å². The minimum Gasteiger partial charge on any atom is -0.368 e. The van der Waals surface area contributed by atoms with Crippen molar-refractivity contribution in [1.29, 1.82) is 0 Å². The van der Waals surface area contributed by atoms with E-state index in [1.54, 1.807) is 0 Å². The van der Waals surface area contributed by atoms with Gasteiger partial charge in [-0.3, -0.25) is 14.6 Å². The van der Waals surface area contributed by atoms with Gasteiger partial charge in [-0.1, -0.05) is 17.7 Å². The molecule has 4 nitrogen and oxygen atoms in total. The molecule has 0 radical (unpaired) electrons. The first-order chi connectivity index (χ1) is 9.47.